The first-order valence-electron chi connectivity index (χ1n) is 17.1. The number of nitrogens with zero attached hydrogens (tertiary/aromatic N) is 1. The number of ether oxygens (including phenoxy) is 3. The predicted molar refractivity (Wildman–Crippen MR) is 181 cm³/mol. The lowest BCUT2D eigenvalue weighted by Crippen LogP contribution is -2.51. The summed E-state index contributed by atoms with van der Waals surface area (Å²) in [6, 6.07) is 12.0. The number of hydrogen-bond acceptors (Lipinski definition) is 6. The highest BCUT2D eigenvalue weighted by molar-refractivity contribution is 5.98. The van der Waals surface area contributed by atoms with Crippen LogP contribution in [0.15, 0.2) is 43.0 Å². The summed E-state index contributed by atoms with van der Waals surface area (Å²) in [5.41, 5.74) is 3.67. The van der Waals surface area contributed by atoms with Gasteiger partial charge in [0, 0.05) is 31.8 Å². The van der Waals surface area contributed by atoms with Crippen LogP contribution in [0.1, 0.15) is 125 Å². The maximum absolute atomic E-state index is 13.9. The van der Waals surface area contributed by atoms with Gasteiger partial charge in [0.1, 0.15) is 23.1 Å². The maximum atomic E-state index is 13.9. The van der Waals surface area contributed by atoms with Gasteiger partial charge in [-0.3, -0.25) is 14.9 Å². The van der Waals surface area contributed by atoms with Crippen molar-refractivity contribution >= 4 is 17.4 Å². The Balaban J connectivity index is 1.47. The van der Waals surface area contributed by atoms with Gasteiger partial charge in [0.15, 0.2) is 0 Å². The van der Waals surface area contributed by atoms with Crippen molar-refractivity contribution in [2.75, 3.05) is 20.3 Å². The number of amides is 1. The highest BCUT2D eigenvalue weighted by Gasteiger charge is 2.43. The second-order valence-electron chi connectivity index (χ2n) is 13.0. The van der Waals surface area contributed by atoms with Crippen molar-refractivity contribution in [1.29, 1.82) is 0 Å². The average molecular weight is 619 g/mol. The standard InChI is InChI=1S/C38H54N2O5/c1-6-8-21-43-34-25-35(44-22-9-7-2)33(24-32(34)28(3)4)36(41)40(5)27-30-16-14-15-29(23-30)26-39-38(19-12-13-20-38)37(42)45-31-17-10-11-18-31/h14-16,23-25,31,39H,3,6-13,17-22,26-27H2,1-2,4-5H3. The molecule has 246 valence electrons. The molecule has 2 aromatic carbocycles. The summed E-state index contributed by atoms with van der Waals surface area (Å²) in [7, 11) is 1.82. The zero-order chi connectivity index (χ0) is 32.2. The molecule has 1 N–H and O–H groups in total. The Bertz CT molecular complexity index is 1290. The number of esters is 1. The minimum absolute atomic E-state index is 0.0713. The molecule has 2 aliphatic carbocycles. The molecular weight excluding hydrogens is 564 g/mol. The van der Waals surface area contributed by atoms with Crippen molar-refractivity contribution < 1.29 is 23.8 Å². The van der Waals surface area contributed by atoms with E-state index in [-0.39, 0.29) is 18.0 Å². The molecule has 0 radical (unpaired) electrons. The lowest BCUT2D eigenvalue weighted by atomic mass is 9.96. The van der Waals surface area contributed by atoms with Crippen molar-refractivity contribution in [1.82, 2.24) is 10.2 Å². The van der Waals surface area contributed by atoms with E-state index < -0.39 is 5.54 Å². The number of benzene rings is 2. The van der Waals surface area contributed by atoms with Crippen LogP contribution < -0.4 is 14.8 Å². The number of allylic oxidation sites excluding steroid dienone is 1. The first-order valence-corrected chi connectivity index (χ1v) is 17.1. The van der Waals surface area contributed by atoms with Gasteiger partial charge in [-0.25, -0.2) is 0 Å². The van der Waals surface area contributed by atoms with Gasteiger partial charge in [0.25, 0.3) is 5.91 Å². The maximum Gasteiger partial charge on any atom is 0.326 e. The number of hydrogen-bond donors (Lipinski definition) is 1. The van der Waals surface area contributed by atoms with Crippen LogP contribution in [0.3, 0.4) is 0 Å². The molecule has 0 unspecified atom stereocenters. The summed E-state index contributed by atoms with van der Waals surface area (Å²) in [6.07, 6.45) is 11.9. The zero-order valence-electron chi connectivity index (χ0n) is 28.1. The van der Waals surface area contributed by atoms with Gasteiger partial charge in [-0.05, 0) is 81.1 Å². The Labute approximate surface area is 270 Å². The second kappa shape index (κ2) is 16.8. The van der Waals surface area contributed by atoms with E-state index in [1.165, 1.54) is 0 Å². The summed E-state index contributed by atoms with van der Waals surface area (Å²) < 4.78 is 18.2. The molecule has 2 aliphatic rings. The molecule has 7 heteroatoms. The van der Waals surface area contributed by atoms with E-state index in [9.17, 15) is 9.59 Å². The lowest BCUT2D eigenvalue weighted by Gasteiger charge is -2.30. The molecule has 0 spiro atoms. The highest BCUT2D eigenvalue weighted by atomic mass is 16.5. The summed E-state index contributed by atoms with van der Waals surface area (Å²) in [6.45, 7) is 12.5. The van der Waals surface area contributed by atoms with Gasteiger partial charge in [-0.1, -0.05) is 70.4 Å². The van der Waals surface area contributed by atoms with Gasteiger partial charge in [-0.2, -0.15) is 0 Å². The summed E-state index contributed by atoms with van der Waals surface area (Å²) >= 11 is 0. The average Bonchev–Trinajstić information content (AvgIpc) is 3.73. The van der Waals surface area contributed by atoms with Gasteiger partial charge < -0.3 is 19.1 Å². The van der Waals surface area contributed by atoms with Crippen LogP contribution in [-0.4, -0.2) is 48.7 Å². The normalized spacial score (nSPS) is 16.0. The third-order valence-electron chi connectivity index (χ3n) is 9.10. The molecule has 0 atom stereocenters. The fourth-order valence-corrected chi connectivity index (χ4v) is 6.32. The van der Waals surface area contributed by atoms with Crippen molar-refractivity contribution in [3.63, 3.8) is 0 Å². The minimum atomic E-state index is -0.604. The monoisotopic (exact) mass is 618 g/mol. The molecule has 4 rings (SSSR count). The van der Waals surface area contributed by atoms with E-state index in [4.69, 9.17) is 14.2 Å². The van der Waals surface area contributed by atoms with Crippen molar-refractivity contribution in [2.24, 2.45) is 0 Å². The Hall–Kier alpha value is -3.32. The van der Waals surface area contributed by atoms with E-state index in [0.717, 1.165) is 99.3 Å². The molecular formula is C38H54N2O5. The quantitative estimate of drug-likeness (QED) is 0.142. The van der Waals surface area contributed by atoms with Gasteiger partial charge in [0.2, 0.25) is 0 Å². The van der Waals surface area contributed by atoms with Crippen molar-refractivity contribution in [3.8, 4) is 11.5 Å². The van der Waals surface area contributed by atoms with Gasteiger partial charge >= 0.3 is 5.97 Å². The lowest BCUT2D eigenvalue weighted by molar-refractivity contribution is -0.157. The van der Waals surface area contributed by atoms with Crippen LogP contribution >= 0.6 is 0 Å². The van der Waals surface area contributed by atoms with Crippen LogP contribution in [0.4, 0.5) is 0 Å². The Kier molecular flexibility index (Phi) is 12.9. The molecule has 0 bridgehead atoms. The predicted octanol–water partition coefficient (Wildman–Crippen LogP) is 8.24. The number of rotatable bonds is 17. The van der Waals surface area contributed by atoms with Crippen LogP contribution in [-0.2, 0) is 22.6 Å². The molecule has 2 aromatic rings. The van der Waals surface area contributed by atoms with Crippen LogP contribution in [0, 0.1) is 0 Å². The SMILES string of the molecule is C=C(C)c1cc(C(=O)N(C)Cc2cccc(CNC3(C(=O)OC4CCCC4)CCCC3)c2)c(OCCCC)cc1OCCCC. The summed E-state index contributed by atoms with van der Waals surface area (Å²) in [4.78, 5) is 28.9. The molecule has 7 nitrogen and oxygen atoms in total. The van der Waals surface area contributed by atoms with E-state index in [0.29, 0.717) is 43.4 Å². The van der Waals surface area contributed by atoms with E-state index >= 15 is 0 Å². The smallest absolute Gasteiger partial charge is 0.326 e. The summed E-state index contributed by atoms with van der Waals surface area (Å²) in [5, 5.41) is 3.59. The van der Waals surface area contributed by atoms with E-state index in [2.05, 4.69) is 37.9 Å². The molecule has 1 amide bonds. The van der Waals surface area contributed by atoms with Gasteiger partial charge in [0.05, 0.1) is 18.8 Å². The molecule has 0 heterocycles. The minimum Gasteiger partial charge on any atom is -0.493 e. The molecule has 0 saturated heterocycles. The fourth-order valence-electron chi connectivity index (χ4n) is 6.32. The molecule has 0 aromatic heterocycles. The number of nitrogens with one attached hydrogen (secondary N) is 1. The second-order valence-corrected chi connectivity index (χ2v) is 13.0. The first-order chi connectivity index (χ1) is 21.8. The van der Waals surface area contributed by atoms with Crippen LogP contribution in [0.5, 0.6) is 11.5 Å². The topological polar surface area (TPSA) is 77.1 Å². The number of carbonyl (C=O) groups excluding carboxylic acids is 2. The Morgan fingerprint density at radius 1 is 0.911 bits per heavy atom. The fraction of sp³-hybridized carbons (Fsp3) is 0.579. The largest absolute Gasteiger partial charge is 0.493 e. The van der Waals surface area contributed by atoms with Crippen LogP contribution in [0.25, 0.3) is 5.57 Å². The first kappa shape index (κ1) is 34.6. The van der Waals surface area contributed by atoms with E-state index in [1.54, 1.807) is 4.90 Å². The van der Waals surface area contributed by atoms with Crippen molar-refractivity contribution in [2.45, 2.75) is 123 Å². The van der Waals surface area contributed by atoms with Crippen molar-refractivity contribution in [3.05, 3.63) is 65.2 Å². The number of carbonyl (C=O) groups is 2. The molecule has 45 heavy (non-hydrogen) atoms. The molecule has 0 aliphatic heterocycles. The molecule has 2 saturated carbocycles. The van der Waals surface area contributed by atoms with Crippen LogP contribution in [0.2, 0.25) is 0 Å². The highest BCUT2D eigenvalue weighted by Crippen LogP contribution is 2.35. The third kappa shape index (κ3) is 9.35. The molecule has 2 fully saturated rings. The Morgan fingerprint density at radius 3 is 2.16 bits per heavy atom. The van der Waals surface area contributed by atoms with Gasteiger partial charge in [-0.15, -0.1) is 0 Å². The van der Waals surface area contributed by atoms with E-state index in [1.807, 2.05) is 38.2 Å². The third-order valence-corrected chi connectivity index (χ3v) is 9.10. The number of unbranched alkanes of at least 4 members (excludes halogenated alkanes) is 2. The Morgan fingerprint density at radius 2 is 1.53 bits per heavy atom. The summed E-state index contributed by atoms with van der Waals surface area (Å²) in [5.74, 6) is 1.04. The zero-order valence-corrected chi connectivity index (χ0v) is 28.1.